The van der Waals surface area contributed by atoms with Gasteiger partial charge in [0.05, 0.1) is 36.3 Å². The van der Waals surface area contributed by atoms with Crippen LogP contribution in [0.2, 0.25) is 0 Å². The molecule has 2 aliphatic rings. The predicted molar refractivity (Wildman–Crippen MR) is 146 cm³/mol. The van der Waals surface area contributed by atoms with E-state index in [1.165, 1.54) is 5.56 Å². The van der Waals surface area contributed by atoms with E-state index in [1.807, 2.05) is 60.7 Å². The van der Waals surface area contributed by atoms with Gasteiger partial charge in [-0.2, -0.15) is 5.26 Å². The van der Waals surface area contributed by atoms with E-state index in [0.717, 1.165) is 28.3 Å². The maximum atomic E-state index is 13.4. The molecule has 0 saturated carbocycles. The van der Waals surface area contributed by atoms with Gasteiger partial charge in [-0.05, 0) is 41.3 Å². The maximum Gasteiger partial charge on any atom is 0.229 e. The zero-order valence-electron chi connectivity index (χ0n) is 21.0. The third-order valence-corrected chi connectivity index (χ3v) is 7.99. The monoisotopic (exact) mass is 511 g/mol. The molecule has 3 aromatic carbocycles. The number of amides is 1. The highest BCUT2D eigenvalue weighted by Gasteiger charge is 2.38. The lowest BCUT2D eigenvalue weighted by atomic mass is 9.86. The number of aryl methyl sites for hydroxylation is 1. The summed E-state index contributed by atoms with van der Waals surface area (Å²) in [5.74, 6) is 1.60. The van der Waals surface area contributed by atoms with Crippen LogP contribution in [0.4, 0.5) is 5.69 Å². The number of benzene rings is 3. The lowest BCUT2D eigenvalue weighted by Crippen LogP contribution is -2.47. The number of thioether (sulfide) groups is 1. The minimum atomic E-state index is -0.317. The highest BCUT2D eigenvalue weighted by atomic mass is 32.2. The van der Waals surface area contributed by atoms with Crippen molar-refractivity contribution in [2.75, 3.05) is 24.6 Å². The van der Waals surface area contributed by atoms with Gasteiger partial charge in [0.15, 0.2) is 11.5 Å². The van der Waals surface area contributed by atoms with Crippen LogP contribution >= 0.6 is 11.8 Å². The van der Waals surface area contributed by atoms with E-state index in [0.29, 0.717) is 36.2 Å². The Bertz CT molecular complexity index is 1370. The molecule has 1 atom stereocenters. The number of para-hydroxylation sites is 1. The average Bonchev–Trinajstić information content (AvgIpc) is 2.96. The zero-order chi connectivity index (χ0) is 25.8. The minimum absolute atomic E-state index is 0.0218. The van der Waals surface area contributed by atoms with Crippen molar-refractivity contribution in [3.8, 4) is 17.6 Å². The van der Waals surface area contributed by atoms with Crippen molar-refractivity contribution in [3.05, 3.63) is 100 Å². The first-order valence-electron chi connectivity index (χ1n) is 12.4. The van der Waals surface area contributed by atoms with Crippen LogP contribution < -0.4 is 14.4 Å². The summed E-state index contributed by atoms with van der Waals surface area (Å²) >= 11 is 1.56. The van der Waals surface area contributed by atoms with Gasteiger partial charge in [-0.1, -0.05) is 73.3 Å². The number of carbonyl (C=O) groups is 1. The molecule has 2 heterocycles. The second-order valence-electron chi connectivity index (χ2n) is 9.03. The first-order valence-corrected chi connectivity index (χ1v) is 13.4. The maximum absolute atomic E-state index is 13.4. The van der Waals surface area contributed by atoms with Crippen molar-refractivity contribution >= 4 is 23.4 Å². The number of nitriles is 1. The highest BCUT2D eigenvalue weighted by Crippen LogP contribution is 2.45. The summed E-state index contributed by atoms with van der Waals surface area (Å²) in [5, 5.41) is 10.9. The van der Waals surface area contributed by atoms with Gasteiger partial charge in [0.25, 0.3) is 0 Å². The number of hydrogen-bond acceptors (Lipinski definition) is 6. The van der Waals surface area contributed by atoms with E-state index < -0.39 is 0 Å². The van der Waals surface area contributed by atoms with Crippen LogP contribution in [0.15, 0.2) is 83.4 Å². The number of ether oxygens (including phenoxy) is 2. The van der Waals surface area contributed by atoms with Crippen molar-refractivity contribution in [1.29, 1.82) is 5.26 Å². The summed E-state index contributed by atoms with van der Waals surface area (Å²) in [7, 11) is 1.60. The van der Waals surface area contributed by atoms with Gasteiger partial charge < -0.3 is 14.4 Å². The Balaban J connectivity index is 1.39. The normalized spacial score (nSPS) is 17.3. The third kappa shape index (κ3) is 5.03. The molecular weight excluding hydrogens is 482 g/mol. The number of nitrogens with zero attached hydrogens (tertiary/aromatic N) is 3. The molecule has 1 saturated heterocycles. The van der Waals surface area contributed by atoms with Crippen molar-refractivity contribution in [3.63, 3.8) is 0 Å². The first kappa shape index (κ1) is 24.8. The number of anilines is 1. The summed E-state index contributed by atoms with van der Waals surface area (Å²) in [5.41, 5.74) is 4.96. The van der Waals surface area contributed by atoms with Crippen LogP contribution in [0.5, 0.6) is 11.5 Å². The van der Waals surface area contributed by atoms with Crippen molar-refractivity contribution in [2.45, 2.75) is 32.3 Å². The van der Waals surface area contributed by atoms with Crippen LogP contribution in [0.3, 0.4) is 0 Å². The molecule has 0 unspecified atom stereocenters. The first-order chi connectivity index (χ1) is 18.1. The van der Waals surface area contributed by atoms with E-state index in [-0.39, 0.29) is 18.2 Å². The topological polar surface area (TPSA) is 65.8 Å². The molecule has 5 rings (SSSR count). The standard InChI is InChI=1S/C30H29N3O3S/c1-3-22-11-7-8-12-26(22)32-19-33-29(34)16-24(25(17-31)30(33)37-20-32)23-13-14-27(28(15-23)35-2)36-18-21-9-5-4-6-10-21/h4-15,24H,3,16,18-20H2,1-2H3/t24-/m1/s1. The van der Waals surface area contributed by atoms with Crippen LogP contribution in [0.25, 0.3) is 0 Å². The quantitative estimate of drug-likeness (QED) is 0.384. The summed E-state index contributed by atoms with van der Waals surface area (Å²) in [6, 6.07) is 26.4. The fourth-order valence-electron chi connectivity index (χ4n) is 4.87. The summed E-state index contributed by atoms with van der Waals surface area (Å²) in [6.07, 6.45) is 1.16. The van der Waals surface area contributed by atoms with Crippen LogP contribution in [-0.2, 0) is 17.8 Å². The van der Waals surface area contributed by atoms with Crippen LogP contribution in [0.1, 0.15) is 36.0 Å². The number of methoxy groups -OCH3 is 1. The Hall–Kier alpha value is -3.89. The molecule has 0 N–H and O–H groups in total. The van der Waals surface area contributed by atoms with Gasteiger partial charge in [-0.15, -0.1) is 0 Å². The minimum Gasteiger partial charge on any atom is -0.493 e. The Morgan fingerprint density at radius 1 is 1.05 bits per heavy atom. The van der Waals surface area contributed by atoms with E-state index in [2.05, 4.69) is 30.0 Å². The van der Waals surface area contributed by atoms with Crippen molar-refractivity contribution in [2.24, 2.45) is 0 Å². The van der Waals surface area contributed by atoms with Crippen LogP contribution in [0, 0.1) is 11.3 Å². The number of carbonyl (C=O) groups excluding carboxylic acids is 1. The predicted octanol–water partition coefficient (Wildman–Crippen LogP) is 6.06. The lowest BCUT2D eigenvalue weighted by Gasteiger charge is -2.42. The van der Waals surface area contributed by atoms with Crippen molar-refractivity contribution in [1.82, 2.24) is 4.90 Å². The van der Waals surface area contributed by atoms with E-state index in [1.54, 1.807) is 23.8 Å². The SMILES string of the molecule is CCc1ccccc1N1CSC2=C(C#N)[C@@H](c3ccc(OCc4ccccc4)c(OC)c3)CC(=O)N2C1. The van der Waals surface area contributed by atoms with Gasteiger partial charge >= 0.3 is 0 Å². The largest absolute Gasteiger partial charge is 0.493 e. The molecule has 0 aliphatic carbocycles. The Morgan fingerprint density at radius 2 is 1.84 bits per heavy atom. The molecule has 0 spiro atoms. The second-order valence-corrected chi connectivity index (χ2v) is 9.96. The second kappa shape index (κ2) is 11.0. The van der Waals surface area contributed by atoms with E-state index in [9.17, 15) is 10.1 Å². The fraction of sp³-hybridized carbons (Fsp3) is 0.267. The molecule has 188 valence electrons. The molecule has 0 aromatic heterocycles. The Kier molecular flexibility index (Phi) is 7.38. The third-order valence-electron chi connectivity index (χ3n) is 6.83. The lowest BCUT2D eigenvalue weighted by molar-refractivity contribution is -0.129. The Morgan fingerprint density at radius 3 is 2.59 bits per heavy atom. The average molecular weight is 512 g/mol. The molecule has 0 bridgehead atoms. The molecule has 6 nitrogen and oxygen atoms in total. The summed E-state index contributed by atoms with van der Waals surface area (Å²) in [6.45, 7) is 3.01. The summed E-state index contributed by atoms with van der Waals surface area (Å²) < 4.78 is 11.6. The zero-order valence-corrected chi connectivity index (χ0v) is 21.8. The molecule has 2 aliphatic heterocycles. The molecule has 7 heteroatoms. The molecule has 1 fully saturated rings. The summed E-state index contributed by atoms with van der Waals surface area (Å²) in [4.78, 5) is 17.4. The van der Waals surface area contributed by atoms with Gasteiger partial charge in [0.1, 0.15) is 6.61 Å². The number of rotatable bonds is 7. The molecule has 37 heavy (non-hydrogen) atoms. The van der Waals surface area contributed by atoms with Crippen molar-refractivity contribution < 1.29 is 14.3 Å². The van der Waals surface area contributed by atoms with Crippen LogP contribution in [-0.4, -0.2) is 30.5 Å². The van der Waals surface area contributed by atoms with Gasteiger partial charge in [-0.25, -0.2) is 0 Å². The number of allylic oxidation sites excluding steroid dienone is 1. The highest BCUT2D eigenvalue weighted by molar-refractivity contribution is 8.03. The molecule has 0 radical (unpaired) electrons. The fourth-order valence-corrected chi connectivity index (χ4v) is 6.03. The van der Waals surface area contributed by atoms with E-state index in [4.69, 9.17) is 9.47 Å². The number of fused-ring (bicyclic) bond motifs is 1. The molecule has 3 aromatic rings. The van der Waals surface area contributed by atoms with Gasteiger partial charge in [-0.3, -0.25) is 9.69 Å². The molecular formula is C30H29N3O3S. The van der Waals surface area contributed by atoms with E-state index >= 15 is 0 Å². The number of hydrogen-bond donors (Lipinski definition) is 0. The smallest absolute Gasteiger partial charge is 0.229 e. The van der Waals surface area contributed by atoms with Gasteiger partial charge in [0.2, 0.25) is 5.91 Å². The van der Waals surface area contributed by atoms with Gasteiger partial charge in [0, 0.05) is 18.0 Å². The Labute approximate surface area is 222 Å². The molecule has 1 amide bonds.